The highest BCUT2D eigenvalue weighted by molar-refractivity contribution is 7.86. The van der Waals surface area contributed by atoms with Crippen LogP contribution < -0.4 is 0 Å². The number of benzene rings is 1. The minimum absolute atomic E-state index is 0.0225. The molecule has 1 fully saturated rings. The fourth-order valence-corrected chi connectivity index (χ4v) is 3.64. The van der Waals surface area contributed by atoms with E-state index in [4.69, 9.17) is 8.92 Å². The molecular weight excluding hydrogens is 362 g/mol. The fraction of sp³-hybridized carbons (Fsp3) is 0.529. The molecule has 1 aliphatic rings. The van der Waals surface area contributed by atoms with Crippen LogP contribution in [0.1, 0.15) is 32.8 Å². The largest absolute Gasteiger partial charge is 0.480 e. The zero-order chi connectivity index (χ0) is 19.7. The highest BCUT2D eigenvalue weighted by atomic mass is 32.2. The molecule has 9 heteroatoms. The lowest BCUT2D eigenvalue weighted by Gasteiger charge is -2.26. The van der Waals surface area contributed by atoms with E-state index in [0.717, 1.165) is 10.5 Å². The summed E-state index contributed by atoms with van der Waals surface area (Å²) >= 11 is 0. The van der Waals surface area contributed by atoms with Gasteiger partial charge in [0, 0.05) is 6.42 Å². The molecule has 144 valence electrons. The third-order valence-corrected chi connectivity index (χ3v) is 5.12. The minimum Gasteiger partial charge on any atom is -0.480 e. The Balaban J connectivity index is 2.15. The SMILES string of the molecule is Cc1ccc(S(=O)(=O)OC2CC(C(=O)O)N(C(=O)OC(C)(C)C)C2)cc1. The molecule has 1 aromatic rings. The van der Waals surface area contributed by atoms with Gasteiger partial charge in [0.1, 0.15) is 11.6 Å². The van der Waals surface area contributed by atoms with Crippen LogP contribution in [-0.2, 0) is 23.8 Å². The molecule has 0 saturated carbocycles. The molecule has 1 amide bonds. The van der Waals surface area contributed by atoms with Gasteiger partial charge in [-0.1, -0.05) is 17.7 Å². The van der Waals surface area contributed by atoms with Gasteiger partial charge < -0.3 is 9.84 Å². The summed E-state index contributed by atoms with van der Waals surface area (Å²) in [5.74, 6) is -1.24. The average molecular weight is 385 g/mol. The van der Waals surface area contributed by atoms with Gasteiger partial charge in [0.2, 0.25) is 0 Å². The molecule has 26 heavy (non-hydrogen) atoms. The molecular formula is C17H23NO7S. The second kappa shape index (κ2) is 7.24. The summed E-state index contributed by atoms with van der Waals surface area (Å²) in [7, 11) is -4.07. The number of likely N-dealkylation sites (tertiary alicyclic amines) is 1. The van der Waals surface area contributed by atoms with Crippen molar-refractivity contribution < 1.29 is 32.0 Å². The van der Waals surface area contributed by atoms with Crippen molar-refractivity contribution in [3.63, 3.8) is 0 Å². The maximum atomic E-state index is 12.4. The fourth-order valence-electron chi connectivity index (χ4n) is 2.56. The average Bonchev–Trinajstić information content (AvgIpc) is 2.89. The smallest absolute Gasteiger partial charge is 0.411 e. The number of aryl methyl sites for hydroxylation is 1. The number of carbonyl (C=O) groups excluding carboxylic acids is 1. The van der Waals surface area contributed by atoms with E-state index in [9.17, 15) is 23.1 Å². The van der Waals surface area contributed by atoms with Gasteiger partial charge in [0.15, 0.2) is 0 Å². The van der Waals surface area contributed by atoms with Crippen LogP contribution in [-0.4, -0.2) is 54.8 Å². The normalized spacial score (nSPS) is 20.8. The van der Waals surface area contributed by atoms with E-state index in [1.807, 2.05) is 6.92 Å². The molecule has 1 aromatic carbocycles. The molecule has 1 aliphatic heterocycles. The molecule has 1 heterocycles. The summed E-state index contributed by atoms with van der Waals surface area (Å²) in [5, 5.41) is 9.34. The van der Waals surface area contributed by atoms with Crippen LogP contribution in [0.25, 0.3) is 0 Å². The first-order chi connectivity index (χ1) is 11.9. The maximum absolute atomic E-state index is 12.4. The van der Waals surface area contributed by atoms with Gasteiger partial charge in [-0.2, -0.15) is 8.42 Å². The zero-order valence-corrected chi connectivity index (χ0v) is 15.9. The van der Waals surface area contributed by atoms with Crippen molar-refractivity contribution >= 4 is 22.2 Å². The van der Waals surface area contributed by atoms with Gasteiger partial charge in [0.05, 0.1) is 17.5 Å². The number of nitrogens with zero attached hydrogens (tertiary/aromatic N) is 1. The first kappa shape index (κ1) is 20.2. The van der Waals surface area contributed by atoms with E-state index in [1.54, 1.807) is 32.9 Å². The van der Waals surface area contributed by atoms with Gasteiger partial charge >= 0.3 is 12.1 Å². The minimum atomic E-state index is -4.07. The Morgan fingerprint density at radius 1 is 1.19 bits per heavy atom. The van der Waals surface area contributed by atoms with Crippen molar-refractivity contribution in [1.82, 2.24) is 4.90 Å². The number of amides is 1. The lowest BCUT2D eigenvalue weighted by Crippen LogP contribution is -2.43. The van der Waals surface area contributed by atoms with Gasteiger partial charge in [0.25, 0.3) is 10.1 Å². The monoisotopic (exact) mass is 385 g/mol. The van der Waals surface area contributed by atoms with E-state index in [0.29, 0.717) is 0 Å². The highest BCUT2D eigenvalue weighted by Gasteiger charge is 2.43. The second-order valence-corrected chi connectivity index (χ2v) is 8.78. The van der Waals surface area contributed by atoms with Crippen molar-refractivity contribution in [3.05, 3.63) is 29.8 Å². The molecule has 0 spiro atoms. The molecule has 2 unspecified atom stereocenters. The van der Waals surface area contributed by atoms with Crippen molar-refractivity contribution in [2.45, 2.75) is 56.8 Å². The maximum Gasteiger partial charge on any atom is 0.411 e. The number of carboxylic acids is 1. The Labute approximate surface area is 152 Å². The van der Waals surface area contributed by atoms with Crippen molar-refractivity contribution in [2.75, 3.05) is 6.54 Å². The summed E-state index contributed by atoms with van der Waals surface area (Å²) < 4.78 is 35.1. The molecule has 2 rings (SSSR count). The van der Waals surface area contributed by atoms with Crippen LogP contribution in [0.15, 0.2) is 29.2 Å². The van der Waals surface area contributed by atoms with Crippen LogP contribution in [0.5, 0.6) is 0 Å². The van der Waals surface area contributed by atoms with Gasteiger partial charge in [-0.15, -0.1) is 0 Å². The molecule has 0 aromatic heterocycles. The van der Waals surface area contributed by atoms with Gasteiger partial charge in [-0.25, -0.2) is 9.59 Å². The molecule has 1 N–H and O–H groups in total. The van der Waals surface area contributed by atoms with Gasteiger partial charge in [-0.05, 0) is 39.8 Å². The van der Waals surface area contributed by atoms with E-state index in [1.165, 1.54) is 12.1 Å². The summed E-state index contributed by atoms with van der Waals surface area (Å²) in [6, 6.07) is 4.90. The van der Waals surface area contributed by atoms with E-state index < -0.39 is 39.9 Å². The summed E-state index contributed by atoms with van der Waals surface area (Å²) in [6.45, 7) is 6.62. The number of rotatable bonds is 4. The van der Waals surface area contributed by atoms with Gasteiger partial charge in [-0.3, -0.25) is 9.08 Å². The Morgan fingerprint density at radius 2 is 1.77 bits per heavy atom. The van der Waals surface area contributed by atoms with Crippen LogP contribution in [0.3, 0.4) is 0 Å². The van der Waals surface area contributed by atoms with Crippen LogP contribution in [0.4, 0.5) is 4.79 Å². The molecule has 0 radical (unpaired) electrons. The van der Waals surface area contributed by atoms with Crippen molar-refractivity contribution in [3.8, 4) is 0 Å². The Kier molecular flexibility index (Phi) is 5.62. The first-order valence-corrected chi connectivity index (χ1v) is 9.52. The Hall–Kier alpha value is -2.13. The first-order valence-electron chi connectivity index (χ1n) is 8.11. The van der Waals surface area contributed by atoms with E-state index >= 15 is 0 Å². The van der Waals surface area contributed by atoms with E-state index in [-0.39, 0.29) is 17.9 Å². The van der Waals surface area contributed by atoms with Crippen LogP contribution in [0, 0.1) is 6.92 Å². The number of aliphatic carboxylic acids is 1. The lowest BCUT2D eigenvalue weighted by molar-refractivity contribution is -0.142. The third kappa shape index (κ3) is 4.95. The molecule has 2 atom stereocenters. The van der Waals surface area contributed by atoms with Crippen LogP contribution in [0.2, 0.25) is 0 Å². The lowest BCUT2D eigenvalue weighted by atomic mass is 10.2. The molecule has 0 bridgehead atoms. The van der Waals surface area contributed by atoms with Crippen molar-refractivity contribution in [2.24, 2.45) is 0 Å². The number of ether oxygens (including phenoxy) is 1. The number of hydrogen-bond donors (Lipinski definition) is 1. The number of carbonyl (C=O) groups is 2. The molecule has 0 aliphatic carbocycles. The topological polar surface area (TPSA) is 110 Å². The Morgan fingerprint density at radius 3 is 2.27 bits per heavy atom. The predicted octanol–water partition coefficient (Wildman–Crippen LogP) is 2.16. The Bertz CT molecular complexity index is 780. The second-order valence-electron chi connectivity index (χ2n) is 7.21. The number of carboxylic acid groups (broad SMARTS) is 1. The highest BCUT2D eigenvalue weighted by Crippen LogP contribution is 2.26. The quantitative estimate of drug-likeness (QED) is 0.791. The van der Waals surface area contributed by atoms with Crippen LogP contribution >= 0.6 is 0 Å². The summed E-state index contributed by atoms with van der Waals surface area (Å²) in [5.41, 5.74) is 0.0967. The van der Waals surface area contributed by atoms with Crippen molar-refractivity contribution in [1.29, 1.82) is 0 Å². The molecule has 8 nitrogen and oxygen atoms in total. The third-order valence-electron chi connectivity index (χ3n) is 3.75. The summed E-state index contributed by atoms with van der Waals surface area (Å²) in [6.07, 6.45) is -1.92. The number of hydrogen-bond acceptors (Lipinski definition) is 6. The standard InChI is InChI=1S/C17H23NO7S/c1-11-5-7-13(8-6-11)26(22,23)25-12-9-14(15(19)20)18(10-12)16(21)24-17(2,3)4/h5-8,12,14H,9-10H2,1-4H3,(H,19,20). The zero-order valence-electron chi connectivity index (χ0n) is 15.1. The van der Waals surface area contributed by atoms with E-state index in [2.05, 4.69) is 0 Å². The summed E-state index contributed by atoms with van der Waals surface area (Å²) in [4.78, 5) is 24.6. The predicted molar refractivity (Wildman–Crippen MR) is 92.2 cm³/mol. The molecule has 1 saturated heterocycles.